The van der Waals surface area contributed by atoms with Crippen molar-refractivity contribution in [3.63, 3.8) is 0 Å². The van der Waals surface area contributed by atoms with Crippen molar-refractivity contribution in [1.82, 2.24) is 19.9 Å². The molecule has 5 nitrogen and oxygen atoms in total. The standard InChI is InChI=1S/C10H8BrClN2.C10H9BrN2O/c1-5-3-9-7(4-8(5)11)10(12)14-6(2)13-9;1-5-3-9-7(4-8(5)11)10(14)13-6(2)12-9/h3-4H,1-2H3;3-4H,1-2H3,(H,12,13,14). The Bertz CT molecular complexity index is 1270. The molecule has 2 aromatic heterocycles. The normalized spacial score (nSPS) is 10.8. The number of aromatic amines is 1. The first-order valence-electron chi connectivity index (χ1n) is 8.42. The average molecular weight is 525 g/mol. The third kappa shape index (κ3) is 4.42. The fraction of sp³-hybridized carbons (Fsp3) is 0.200. The summed E-state index contributed by atoms with van der Waals surface area (Å²) in [7, 11) is 0. The van der Waals surface area contributed by atoms with E-state index in [1.165, 1.54) is 0 Å². The molecule has 0 amide bonds. The van der Waals surface area contributed by atoms with Crippen LogP contribution in [0.3, 0.4) is 0 Å². The van der Waals surface area contributed by atoms with E-state index in [-0.39, 0.29) is 5.56 Å². The van der Waals surface area contributed by atoms with E-state index in [4.69, 9.17) is 11.6 Å². The van der Waals surface area contributed by atoms with E-state index >= 15 is 0 Å². The van der Waals surface area contributed by atoms with Gasteiger partial charge in [-0.1, -0.05) is 43.5 Å². The van der Waals surface area contributed by atoms with Crippen molar-refractivity contribution in [3.05, 3.63) is 71.5 Å². The van der Waals surface area contributed by atoms with Crippen molar-refractivity contribution in [2.24, 2.45) is 0 Å². The van der Waals surface area contributed by atoms with Gasteiger partial charge in [0.2, 0.25) is 0 Å². The van der Waals surface area contributed by atoms with Gasteiger partial charge in [0.1, 0.15) is 16.8 Å². The topological polar surface area (TPSA) is 71.5 Å². The van der Waals surface area contributed by atoms with Crippen molar-refractivity contribution in [2.45, 2.75) is 27.7 Å². The van der Waals surface area contributed by atoms with Gasteiger partial charge in [0.25, 0.3) is 5.56 Å². The molecule has 0 saturated heterocycles. The number of H-pyrrole nitrogens is 1. The van der Waals surface area contributed by atoms with E-state index in [1.54, 1.807) is 13.0 Å². The monoisotopic (exact) mass is 522 g/mol. The van der Waals surface area contributed by atoms with E-state index in [0.29, 0.717) is 22.2 Å². The lowest BCUT2D eigenvalue weighted by molar-refractivity contribution is 1.06. The molecule has 0 spiro atoms. The lowest BCUT2D eigenvalue weighted by atomic mass is 10.2. The van der Waals surface area contributed by atoms with Crippen molar-refractivity contribution in [1.29, 1.82) is 0 Å². The third-order valence-corrected chi connectivity index (χ3v) is 6.14. The zero-order valence-electron chi connectivity index (χ0n) is 15.7. The zero-order valence-corrected chi connectivity index (χ0v) is 19.6. The predicted molar refractivity (Wildman–Crippen MR) is 121 cm³/mol. The summed E-state index contributed by atoms with van der Waals surface area (Å²) >= 11 is 12.9. The van der Waals surface area contributed by atoms with Gasteiger partial charge in [-0.15, -0.1) is 0 Å². The van der Waals surface area contributed by atoms with E-state index < -0.39 is 0 Å². The summed E-state index contributed by atoms with van der Waals surface area (Å²) < 4.78 is 1.96. The summed E-state index contributed by atoms with van der Waals surface area (Å²) in [5.41, 5.74) is 3.77. The Balaban J connectivity index is 0.000000161. The molecule has 8 heteroatoms. The fourth-order valence-electron chi connectivity index (χ4n) is 2.71. The van der Waals surface area contributed by atoms with Crippen LogP contribution in [0, 0.1) is 27.7 Å². The number of halogens is 3. The van der Waals surface area contributed by atoms with Crippen LogP contribution in [-0.2, 0) is 0 Å². The number of nitrogens with one attached hydrogen (secondary N) is 1. The van der Waals surface area contributed by atoms with Crippen LogP contribution in [0.15, 0.2) is 38.0 Å². The van der Waals surface area contributed by atoms with Gasteiger partial charge >= 0.3 is 0 Å². The Hall–Kier alpha value is -1.83. The molecule has 1 N–H and O–H groups in total. The van der Waals surface area contributed by atoms with Crippen LogP contribution in [0.25, 0.3) is 21.8 Å². The summed E-state index contributed by atoms with van der Waals surface area (Å²) in [5, 5.41) is 2.01. The molecule has 4 rings (SSSR count). The van der Waals surface area contributed by atoms with Crippen LogP contribution in [0.1, 0.15) is 22.8 Å². The van der Waals surface area contributed by atoms with Crippen LogP contribution in [0.2, 0.25) is 5.15 Å². The minimum Gasteiger partial charge on any atom is -0.310 e. The number of hydrogen-bond donors (Lipinski definition) is 1. The SMILES string of the molecule is Cc1nc(Cl)c2cc(Br)c(C)cc2n1.Cc1nc2cc(C)c(Br)cc2c(=O)[nH]1. The maximum Gasteiger partial charge on any atom is 0.258 e. The highest BCUT2D eigenvalue weighted by Gasteiger charge is 2.06. The second-order valence-electron chi connectivity index (χ2n) is 6.45. The molecular formula is C20H17Br2ClN4O. The van der Waals surface area contributed by atoms with Gasteiger partial charge in [0, 0.05) is 14.3 Å². The first kappa shape index (κ1) is 20.9. The molecular weight excluding hydrogens is 508 g/mol. The lowest BCUT2D eigenvalue weighted by Crippen LogP contribution is -2.09. The van der Waals surface area contributed by atoms with Crippen LogP contribution in [0.5, 0.6) is 0 Å². The lowest BCUT2D eigenvalue weighted by Gasteiger charge is -2.04. The van der Waals surface area contributed by atoms with Crippen molar-refractivity contribution in [2.75, 3.05) is 0 Å². The van der Waals surface area contributed by atoms with Crippen molar-refractivity contribution >= 4 is 65.3 Å². The molecule has 0 aliphatic carbocycles. The Morgan fingerprint density at radius 3 is 1.96 bits per heavy atom. The zero-order chi connectivity index (χ0) is 20.6. The molecule has 144 valence electrons. The molecule has 0 saturated carbocycles. The second kappa shape index (κ2) is 8.27. The Kier molecular flexibility index (Phi) is 6.17. The van der Waals surface area contributed by atoms with Crippen molar-refractivity contribution in [3.8, 4) is 0 Å². The van der Waals surface area contributed by atoms with Gasteiger partial charge in [-0.2, -0.15) is 0 Å². The molecule has 0 unspecified atom stereocenters. The Labute approximate surface area is 183 Å². The summed E-state index contributed by atoms with van der Waals surface area (Å²) in [6.45, 7) is 7.61. The Morgan fingerprint density at radius 2 is 1.36 bits per heavy atom. The van der Waals surface area contributed by atoms with Gasteiger partial charge in [-0.25, -0.2) is 15.0 Å². The molecule has 0 bridgehead atoms. The van der Waals surface area contributed by atoms with Gasteiger partial charge in [0.05, 0.1) is 16.4 Å². The summed E-state index contributed by atoms with van der Waals surface area (Å²) in [6.07, 6.45) is 0. The molecule has 28 heavy (non-hydrogen) atoms. The fourth-order valence-corrected chi connectivity index (χ4v) is 3.67. The molecule has 0 fully saturated rings. The summed E-state index contributed by atoms with van der Waals surface area (Å²) in [6, 6.07) is 7.66. The number of nitrogens with zero attached hydrogens (tertiary/aromatic N) is 3. The maximum atomic E-state index is 11.5. The maximum absolute atomic E-state index is 11.5. The number of benzene rings is 2. The largest absolute Gasteiger partial charge is 0.310 e. The second-order valence-corrected chi connectivity index (χ2v) is 8.52. The number of aryl methyl sites for hydroxylation is 4. The number of fused-ring (bicyclic) bond motifs is 2. The van der Waals surface area contributed by atoms with E-state index in [1.807, 2.05) is 39.0 Å². The Morgan fingerprint density at radius 1 is 0.821 bits per heavy atom. The average Bonchev–Trinajstić information content (AvgIpc) is 2.59. The van der Waals surface area contributed by atoms with E-state index in [0.717, 1.165) is 36.5 Å². The molecule has 0 aliphatic rings. The van der Waals surface area contributed by atoms with E-state index in [2.05, 4.69) is 51.8 Å². The van der Waals surface area contributed by atoms with Gasteiger partial charge in [-0.3, -0.25) is 4.79 Å². The molecule has 4 aromatic rings. The van der Waals surface area contributed by atoms with Crippen LogP contribution >= 0.6 is 43.5 Å². The van der Waals surface area contributed by atoms with Crippen LogP contribution in [0.4, 0.5) is 0 Å². The summed E-state index contributed by atoms with van der Waals surface area (Å²) in [4.78, 5) is 26.9. The molecule has 2 heterocycles. The minimum atomic E-state index is -0.0896. The molecule has 0 atom stereocenters. The van der Waals surface area contributed by atoms with Gasteiger partial charge in [0.15, 0.2) is 0 Å². The van der Waals surface area contributed by atoms with Crippen LogP contribution in [-0.4, -0.2) is 19.9 Å². The molecule has 0 radical (unpaired) electrons. The predicted octanol–water partition coefficient (Wildman–Crippen LogP) is 5.96. The summed E-state index contributed by atoms with van der Waals surface area (Å²) in [5.74, 6) is 1.34. The highest BCUT2D eigenvalue weighted by molar-refractivity contribution is 9.10. The first-order valence-corrected chi connectivity index (χ1v) is 10.4. The highest BCUT2D eigenvalue weighted by Crippen LogP contribution is 2.26. The minimum absolute atomic E-state index is 0.0896. The molecule has 0 aliphatic heterocycles. The van der Waals surface area contributed by atoms with E-state index in [9.17, 15) is 4.79 Å². The van der Waals surface area contributed by atoms with Gasteiger partial charge in [-0.05, 0) is 63.1 Å². The van der Waals surface area contributed by atoms with Gasteiger partial charge < -0.3 is 4.98 Å². The van der Waals surface area contributed by atoms with Crippen molar-refractivity contribution < 1.29 is 0 Å². The molecule has 2 aromatic carbocycles. The highest BCUT2D eigenvalue weighted by atomic mass is 79.9. The number of rotatable bonds is 0. The third-order valence-electron chi connectivity index (χ3n) is 4.15. The quantitative estimate of drug-likeness (QED) is 0.288. The first-order chi connectivity index (χ1) is 13.2. The number of aromatic nitrogens is 4. The number of hydrogen-bond acceptors (Lipinski definition) is 4. The smallest absolute Gasteiger partial charge is 0.258 e. The van der Waals surface area contributed by atoms with Crippen LogP contribution < -0.4 is 5.56 Å².